The van der Waals surface area contributed by atoms with Crippen molar-refractivity contribution in [2.45, 2.75) is 18.9 Å². The van der Waals surface area contributed by atoms with Crippen LogP contribution in [0.5, 0.6) is 0 Å². The lowest BCUT2D eigenvalue weighted by atomic mass is 10.1. The van der Waals surface area contributed by atoms with Crippen molar-refractivity contribution in [3.05, 3.63) is 54.9 Å². The summed E-state index contributed by atoms with van der Waals surface area (Å²) < 4.78 is 6.62. The highest BCUT2D eigenvalue weighted by Crippen LogP contribution is 2.30. The molecule has 0 bridgehead atoms. The van der Waals surface area contributed by atoms with Crippen LogP contribution in [0, 0.1) is 11.3 Å². The number of nitrogens with zero attached hydrogens (tertiary/aromatic N) is 5. The Hall–Kier alpha value is -3.86. The van der Waals surface area contributed by atoms with Crippen LogP contribution in [0.25, 0.3) is 16.9 Å². The van der Waals surface area contributed by atoms with E-state index in [1.165, 1.54) is 12.6 Å². The largest absolute Gasteiger partial charge is 0.451 e. The second-order valence-electron chi connectivity index (χ2n) is 6.43. The first-order chi connectivity index (χ1) is 13.3. The minimum Gasteiger partial charge on any atom is -0.451 e. The first kappa shape index (κ1) is 15.4. The summed E-state index contributed by atoms with van der Waals surface area (Å²) in [5.41, 5.74) is 4.47. The van der Waals surface area contributed by atoms with Crippen molar-refractivity contribution in [2.75, 3.05) is 10.6 Å². The third-order valence-electron chi connectivity index (χ3n) is 4.38. The van der Waals surface area contributed by atoms with Gasteiger partial charge in [0, 0.05) is 23.4 Å². The fourth-order valence-corrected chi connectivity index (χ4v) is 2.92. The molecule has 3 heterocycles. The fourth-order valence-electron chi connectivity index (χ4n) is 2.92. The minimum absolute atomic E-state index is 0.392. The SMILES string of the molecule is N#Cc1cnc2c(NC3CC3)cc(Nc3cccc(-c4cocn4)c3)nn12. The fraction of sp³-hybridized carbons (Fsp3) is 0.158. The minimum atomic E-state index is 0.392. The van der Waals surface area contributed by atoms with Crippen molar-refractivity contribution in [1.82, 2.24) is 19.6 Å². The first-order valence-electron chi connectivity index (χ1n) is 8.61. The number of nitriles is 1. The van der Waals surface area contributed by atoms with Crippen LogP contribution in [0.4, 0.5) is 17.2 Å². The van der Waals surface area contributed by atoms with Gasteiger partial charge in [-0.1, -0.05) is 12.1 Å². The third-order valence-corrected chi connectivity index (χ3v) is 4.38. The Bertz CT molecular complexity index is 1150. The van der Waals surface area contributed by atoms with Gasteiger partial charge >= 0.3 is 0 Å². The Labute approximate surface area is 154 Å². The highest BCUT2D eigenvalue weighted by atomic mass is 16.3. The number of aromatic nitrogens is 4. The van der Waals surface area contributed by atoms with E-state index in [2.05, 4.69) is 31.8 Å². The van der Waals surface area contributed by atoms with Crippen LogP contribution in [0.2, 0.25) is 0 Å². The van der Waals surface area contributed by atoms with E-state index in [1.54, 1.807) is 10.8 Å². The highest BCUT2D eigenvalue weighted by molar-refractivity contribution is 5.74. The number of rotatable bonds is 5. The van der Waals surface area contributed by atoms with Crippen molar-refractivity contribution >= 4 is 22.8 Å². The molecule has 0 radical (unpaired) electrons. The van der Waals surface area contributed by atoms with Crippen LogP contribution in [-0.2, 0) is 0 Å². The van der Waals surface area contributed by atoms with Gasteiger partial charge in [0.05, 0.1) is 11.9 Å². The van der Waals surface area contributed by atoms with E-state index in [9.17, 15) is 5.26 Å². The van der Waals surface area contributed by atoms with Crippen LogP contribution >= 0.6 is 0 Å². The number of imidazole rings is 1. The maximum atomic E-state index is 9.32. The Morgan fingerprint density at radius 3 is 2.93 bits per heavy atom. The monoisotopic (exact) mass is 357 g/mol. The van der Waals surface area contributed by atoms with Gasteiger partial charge < -0.3 is 15.1 Å². The first-order valence-corrected chi connectivity index (χ1v) is 8.61. The van der Waals surface area contributed by atoms with Crippen LogP contribution in [0.1, 0.15) is 18.5 Å². The van der Waals surface area contributed by atoms with Crippen molar-refractivity contribution < 1.29 is 4.42 Å². The molecule has 5 rings (SSSR count). The van der Waals surface area contributed by atoms with Crippen LogP contribution in [0.15, 0.2) is 53.6 Å². The molecule has 1 fully saturated rings. The lowest BCUT2D eigenvalue weighted by Crippen LogP contribution is -2.07. The number of anilines is 3. The average molecular weight is 357 g/mol. The number of hydrogen-bond acceptors (Lipinski definition) is 7. The number of hydrogen-bond donors (Lipinski definition) is 2. The molecule has 3 aromatic heterocycles. The van der Waals surface area contributed by atoms with Gasteiger partial charge in [-0.05, 0) is 25.0 Å². The molecule has 1 saturated carbocycles. The van der Waals surface area contributed by atoms with Gasteiger partial charge in [0.15, 0.2) is 23.6 Å². The van der Waals surface area contributed by atoms with Gasteiger partial charge in [-0.3, -0.25) is 0 Å². The van der Waals surface area contributed by atoms with E-state index in [0.717, 1.165) is 35.5 Å². The predicted molar refractivity (Wildman–Crippen MR) is 99.6 cm³/mol. The zero-order valence-corrected chi connectivity index (χ0v) is 14.3. The molecule has 1 aliphatic rings. The van der Waals surface area contributed by atoms with Crippen LogP contribution < -0.4 is 10.6 Å². The lowest BCUT2D eigenvalue weighted by molar-refractivity contribution is 0.558. The van der Waals surface area contributed by atoms with Gasteiger partial charge in [0.2, 0.25) is 0 Å². The van der Waals surface area contributed by atoms with E-state index in [-0.39, 0.29) is 0 Å². The van der Waals surface area contributed by atoms with Gasteiger partial charge in [0.1, 0.15) is 18.0 Å². The summed E-state index contributed by atoms with van der Waals surface area (Å²) in [7, 11) is 0. The molecular formula is C19H15N7O. The molecule has 132 valence electrons. The van der Waals surface area contributed by atoms with Gasteiger partial charge in [-0.25, -0.2) is 9.97 Å². The van der Waals surface area contributed by atoms with Gasteiger partial charge in [0.25, 0.3) is 0 Å². The van der Waals surface area contributed by atoms with Crippen molar-refractivity contribution in [1.29, 1.82) is 5.26 Å². The maximum absolute atomic E-state index is 9.32. The zero-order valence-electron chi connectivity index (χ0n) is 14.3. The topological polar surface area (TPSA) is 104 Å². The molecule has 0 atom stereocenters. The van der Waals surface area contributed by atoms with E-state index >= 15 is 0 Å². The summed E-state index contributed by atoms with van der Waals surface area (Å²) in [6, 6.07) is 12.3. The van der Waals surface area contributed by atoms with E-state index in [1.807, 2.05) is 30.3 Å². The normalized spacial score (nSPS) is 13.4. The Kier molecular flexibility index (Phi) is 3.50. The predicted octanol–water partition coefficient (Wildman–Crippen LogP) is 3.57. The Morgan fingerprint density at radius 2 is 2.15 bits per heavy atom. The smallest absolute Gasteiger partial charge is 0.181 e. The third kappa shape index (κ3) is 2.95. The maximum Gasteiger partial charge on any atom is 0.181 e. The Balaban J connectivity index is 1.53. The van der Waals surface area contributed by atoms with Crippen molar-refractivity contribution in [3.63, 3.8) is 0 Å². The number of benzene rings is 1. The van der Waals surface area contributed by atoms with E-state index < -0.39 is 0 Å². The molecule has 0 spiro atoms. The molecule has 0 saturated heterocycles. The standard InChI is InChI=1S/C19H15N7O/c20-8-15-9-21-19-16(23-13-4-5-13)7-18(25-26(15)19)24-14-3-1-2-12(6-14)17-10-27-11-22-17/h1-3,6-7,9-11,13,23H,4-5H2,(H,24,25). The number of oxazole rings is 1. The molecule has 0 unspecified atom stereocenters. The van der Waals surface area contributed by atoms with Crippen LogP contribution in [0.3, 0.4) is 0 Å². The average Bonchev–Trinajstić information content (AvgIpc) is 3.18. The molecule has 8 nitrogen and oxygen atoms in total. The van der Waals surface area contributed by atoms with Crippen molar-refractivity contribution in [2.24, 2.45) is 0 Å². The van der Waals surface area contributed by atoms with Gasteiger partial charge in [-0.15, -0.1) is 5.10 Å². The molecule has 4 aromatic rings. The van der Waals surface area contributed by atoms with Crippen LogP contribution in [-0.4, -0.2) is 25.6 Å². The summed E-state index contributed by atoms with van der Waals surface area (Å²) in [6.07, 6.45) is 6.83. The number of nitrogens with one attached hydrogen (secondary N) is 2. The summed E-state index contributed by atoms with van der Waals surface area (Å²) in [5, 5.41) is 20.6. The molecule has 0 amide bonds. The molecular weight excluding hydrogens is 342 g/mol. The van der Waals surface area contributed by atoms with Crippen molar-refractivity contribution in [3.8, 4) is 17.3 Å². The molecule has 27 heavy (non-hydrogen) atoms. The molecule has 2 N–H and O–H groups in total. The second-order valence-corrected chi connectivity index (χ2v) is 6.43. The summed E-state index contributed by atoms with van der Waals surface area (Å²) in [4.78, 5) is 8.51. The quantitative estimate of drug-likeness (QED) is 0.562. The molecule has 1 aromatic carbocycles. The van der Waals surface area contributed by atoms with E-state index in [0.29, 0.717) is 23.2 Å². The summed E-state index contributed by atoms with van der Waals surface area (Å²) >= 11 is 0. The lowest BCUT2D eigenvalue weighted by Gasteiger charge is -2.11. The molecule has 1 aliphatic carbocycles. The zero-order chi connectivity index (χ0) is 18.2. The number of fused-ring (bicyclic) bond motifs is 1. The second kappa shape index (κ2) is 6.14. The Morgan fingerprint density at radius 1 is 1.22 bits per heavy atom. The summed E-state index contributed by atoms with van der Waals surface area (Å²) in [5.74, 6) is 0.623. The molecule has 8 heteroatoms. The highest BCUT2D eigenvalue weighted by Gasteiger charge is 2.23. The summed E-state index contributed by atoms with van der Waals surface area (Å²) in [6.45, 7) is 0. The van der Waals surface area contributed by atoms with Gasteiger partial charge in [-0.2, -0.15) is 9.78 Å². The van der Waals surface area contributed by atoms with E-state index in [4.69, 9.17) is 4.42 Å². The molecule has 0 aliphatic heterocycles.